The molecule has 2 aliphatic rings. The highest BCUT2D eigenvalue weighted by molar-refractivity contribution is 5.92. The molecule has 2 aromatic heterocycles. The number of halogens is 5. The minimum atomic E-state index is -4.99. The molecule has 196 valence electrons. The molecular weight excluding hydrogens is 503 g/mol. The molecule has 3 atom stereocenters. The maximum atomic E-state index is 14.9. The van der Waals surface area contributed by atoms with Crippen LogP contribution in [-0.4, -0.2) is 44.2 Å². The number of alkyl halides is 3. The summed E-state index contributed by atoms with van der Waals surface area (Å²) in [5.74, 6) is -2.64. The van der Waals surface area contributed by atoms with Crippen molar-refractivity contribution in [1.82, 2.24) is 25.1 Å². The van der Waals surface area contributed by atoms with E-state index in [2.05, 4.69) is 25.5 Å². The summed E-state index contributed by atoms with van der Waals surface area (Å²) in [6, 6.07) is 0.0731. The average Bonchev–Trinajstić information content (AvgIpc) is 3.26. The fraction of sp³-hybridized carbons (Fsp3) is 0.435. The Morgan fingerprint density at radius 1 is 1.22 bits per heavy atom. The first-order chi connectivity index (χ1) is 17.4. The number of urea groups is 1. The highest BCUT2D eigenvalue weighted by atomic mass is 19.4. The fourth-order valence-electron chi connectivity index (χ4n) is 5.32. The molecule has 2 fully saturated rings. The van der Waals surface area contributed by atoms with Crippen molar-refractivity contribution in [1.29, 1.82) is 0 Å². The van der Waals surface area contributed by atoms with Gasteiger partial charge in [0.05, 0.1) is 24.6 Å². The number of aryl methyl sites for hydroxylation is 1. The summed E-state index contributed by atoms with van der Waals surface area (Å²) in [5, 5.41) is 10.3. The highest BCUT2D eigenvalue weighted by Crippen LogP contribution is 2.55. The van der Waals surface area contributed by atoms with Crippen molar-refractivity contribution in [2.75, 3.05) is 12.4 Å². The van der Waals surface area contributed by atoms with Crippen molar-refractivity contribution in [2.45, 2.75) is 50.9 Å². The molecule has 5 rings (SSSR count). The minimum Gasteiger partial charge on any atom is -0.479 e. The monoisotopic (exact) mass is 524 g/mol. The summed E-state index contributed by atoms with van der Waals surface area (Å²) in [7, 11) is 1.09. The minimum absolute atomic E-state index is 0.197. The molecule has 14 heteroatoms. The second-order valence-electron chi connectivity index (χ2n) is 9.29. The van der Waals surface area contributed by atoms with Gasteiger partial charge in [0, 0.05) is 24.9 Å². The van der Waals surface area contributed by atoms with Crippen molar-refractivity contribution in [3.05, 3.63) is 47.3 Å². The molecule has 0 aliphatic carbocycles. The Hall–Kier alpha value is -3.84. The van der Waals surface area contributed by atoms with E-state index in [0.29, 0.717) is 31.4 Å². The van der Waals surface area contributed by atoms with Gasteiger partial charge in [-0.3, -0.25) is 0 Å². The number of methoxy groups -OCH3 is 1. The number of hydrogen-bond acceptors (Lipinski definition) is 7. The Morgan fingerprint density at radius 2 is 1.97 bits per heavy atom. The highest BCUT2D eigenvalue weighted by Gasteiger charge is 2.62. The summed E-state index contributed by atoms with van der Waals surface area (Å²) >= 11 is 0. The topological polar surface area (TPSA) is 106 Å². The van der Waals surface area contributed by atoms with Crippen molar-refractivity contribution >= 4 is 11.7 Å². The van der Waals surface area contributed by atoms with E-state index in [-0.39, 0.29) is 23.9 Å². The van der Waals surface area contributed by atoms with Gasteiger partial charge in [0.2, 0.25) is 17.6 Å². The van der Waals surface area contributed by atoms with Gasteiger partial charge in [-0.15, -0.1) is 10.2 Å². The third kappa shape index (κ3) is 4.13. The second-order valence-corrected chi connectivity index (χ2v) is 9.29. The molecule has 2 saturated heterocycles. The van der Waals surface area contributed by atoms with Crippen LogP contribution in [0.2, 0.25) is 0 Å². The second kappa shape index (κ2) is 8.63. The van der Waals surface area contributed by atoms with Crippen LogP contribution in [-0.2, 0) is 11.7 Å². The number of nitrogens with zero attached hydrogens (tertiary/aromatic N) is 5. The third-order valence-corrected chi connectivity index (χ3v) is 6.70. The van der Waals surface area contributed by atoms with Gasteiger partial charge in [0.1, 0.15) is 11.4 Å². The number of anilines is 1. The zero-order chi connectivity index (χ0) is 26.7. The number of carbonyl (C=O) groups excluding carboxylic acids is 1. The Balaban J connectivity index is 1.52. The molecule has 2 aliphatic heterocycles. The van der Waals surface area contributed by atoms with Gasteiger partial charge in [0.25, 0.3) is 5.88 Å². The molecular formula is C23H21F5N6O3. The molecule has 2 bridgehead atoms. The number of ether oxygens (including phenoxy) is 1. The number of benzene rings is 1. The zero-order valence-electron chi connectivity index (χ0n) is 19.9. The van der Waals surface area contributed by atoms with Crippen LogP contribution >= 0.6 is 0 Å². The molecule has 0 radical (unpaired) electrons. The van der Waals surface area contributed by atoms with Gasteiger partial charge in [-0.05, 0) is 30.9 Å². The quantitative estimate of drug-likeness (QED) is 0.475. The number of hydrogen-bond donors (Lipinski definition) is 1. The molecule has 3 aromatic rings. The van der Waals surface area contributed by atoms with E-state index in [0.717, 1.165) is 13.2 Å². The molecule has 2 amide bonds. The van der Waals surface area contributed by atoms with Crippen LogP contribution in [0.25, 0.3) is 11.4 Å². The number of fused-ring (bicyclic) bond motifs is 2. The lowest BCUT2D eigenvalue weighted by molar-refractivity contribution is -0.137. The van der Waals surface area contributed by atoms with Gasteiger partial charge in [-0.1, -0.05) is 6.92 Å². The normalized spacial score (nSPS) is 23.0. The maximum Gasteiger partial charge on any atom is 0.417 e. The van der Waals surface area contributed by atoms with Gasteiger partial charge in [-0.25, -0.2) is 14.2 Å². The van der Waals surface area contributed by atoms with E-state index < -0.39 is 57.9 Å². The number of carbonyl (C=O) groups is 1. The van der Waals surface area contributed by atoms with Crippen LogP contribution < -0.4 is 10.1 Å². The lowest BCUT2D eigenvalue weighted by atomic mass is 9.64. The number of rotatable bonds is 4. The Morgan fingerprint density at radius 3 is 2.62 bits per heavy atom. The van der Waals surface area contributed by atoms with E-state index in [9.17, 15) is 26.7 Å². The predicted molar refractivity (Wildman–Crippen MR) is 117 cm³/mol. The van der Waals surface area contributed by atoms with Gasteiger partial charge in [-0.2, -0.15) is 22.5 Å². The Labute approximate surface area is 207 Å². The molecule has 9 nitrogen and oxygen atoms in total. The van der Waals surface area contributed by atoms with Gasteiger partial charge < -0.3 is 19.4 Å². The first-order valence-corrected chi connectivity index (χ1v) is 11.3. The van der Waals surface area contributed by atoms with E-state index in [1.54, 1.807) is 6.92 Å². The maximum absolute atomic E-state index is 14.9. The van der Waals surface area contributed by atoms with Crippen molar-refractivity contribution in [2.24, 2.45) is 5.92 Å². The van der Waals surface area contributed by atoms with Crippen LogP contribution in [0, 0.1) is 24.5 Å². The third-order valence-electron chi connectivity index (χ3n) is 6.70. The molecule has 1 unspecified atom stereocenters. The molecule has 37 heavy (non-hydrogen) atoms. The molecule has 0 saturated carbocycles. The average molecular weight is 524 g/mol. The summed E-state index contributed by atoms with van der Waals surface area (Å²) < 4.78 is 80.3. The van der Waals surface area contributed by atoms with Crippen molar-refractivity contribution in [3.63, 3.8) is 0 Å². The van der Waals surface area contributed by atoms with Crippen molar-refractivity contribution in [3.8, 4) is 17.3 Å². The first kappa shape index (κ1) is 24.8. The van der Waals surface area contributed by atoms with Crippen LogP contribution in [0.15, 0.2) is 22.7 Å². The standard InChI is InChI=1S/C23H21F5N6O3/c1-10-4-12-8-22(7-10,20-33-32-11(2)37-20)34(12)21(35)30-17-5-13(14(6-15(17)24)23(26,27)28)18-29-9-16(25)19(31-18)36-3/h5-6,9-10,12H,4,7-8H2,1-3H3,(H,30,35)/t10-,12-,22?/m1/s1. The number of aromatic nitrogens is 4. The molecule has 0 spiro atoms. The largest absolute Gasteiger partial charge is 0.479 e. The number of amides is 2. The van der Waals surface area contributed by atoms with Crippen LogP contribution in [0.1, 0.15) is 43.5 Å². The summed E-state index contributed by atoms with van der Waals surface area (Å²) in [4.78, 5) is 22.1. The molecule has 1 aromatic carbocycles. The lowest BCUT2D eigenvalue weighted by Gasteiger charge is -2.61. The molecule has 4 heterocycles. The fourth-order valence-corrected chi connectivity index (χ4v) is 5.32. The van der Waals surface area contributed by atoms with Crippen LogP contribution in [0.4, 0.5) is 32.4 Å². The van der Waals surface area contributed by atoms with E-state index >= 15 is 0 Å². The lowest BCUT2D eigenvalue weighted by Crippen LogP contribution is -2.70. The zero-order valence-corrected chi connectivity index (χ0v) is 19.9. The SMILES string of the molecule is COc1nc(-c2cc(NC(=O)N3[C@@H]4C[C@@H](C)CC3(c3nnc(C)o3)C4)c(F)cc2C(F)(F)F)ncc1F. The van der Waals surface area contributed by atoms with E-state index in [1.807, 2.05) is 6.92 Å². The van der Waals surface area contributed by atoms with E-state index in [1.165, 1.54) is 4.90 Å². The van der Waals surface area contributed by atoms with Gasteiger partial charge >= 0.3 is 12.2 Å². The molecule has 1 N–H and O–H groups in total. The Kier molecular flexibility index (Phi) is 5.79. The predicted octanol–water partition coefficient (Wildman–Crippen LogP) is 5.07. The smallest absolute Gasteiger partial charge is 0.417 e. The van der Waals surface area contributed by atoms with Gasteiger partial charge in [0.15, 0.2) is 5.82 Å². The summed E-state index contributed by atoms with van der Waals surface area (Å²) in [5.41, 5.74) is -3.49. The first-order valence-electron chi connectivity index (χ1n) is 11.3. The van der Waals surface area contributed by atoms with E-state index in [4.69, 9.17) is 9.15 Å². The summed E-state index contributed by atoms with van der Waals surface area (Å²) in [6.45, 7) is 3.64. The number of nitrogens with one attached hydrogen (secondary N) is 1. The Bertz CT molecular complexity index is 1380. The summed E-state index contributed by atoms with van der Waals surface area (Å²) in [6.07, 6.45) is -2.57. The van der Waals surface area contributed by atoms with Crippen LogP contribution in [0.5, 0.6) is 5.88 Å². The number of piperidine rings is 1. The van der Waals surface area contributed by atoms with Crippen LogP contribution in [0.3, 0.4) is 0 Å². The van der Waals surface area contributed by atoms with Crippen molar-refractivity contribution < 1.29 is 35.9 Å².